The molecule has 1 nitrogen and oxygen atoms in total. The molecule has 0 amide bonds. The van der Waals surface area contributed by atoms with Crippen molar-refractivity contribution >= 4 is 67.9 Å². The number of hydrogen-bond acceptors (Lipinski definition) is 1. The molecule has 0 bridgehead atoms. The molecule has 0 atom stereocenters. The van der Waals surface area contributed by atoms with Crippen molar-refractivity contribution in [1.82, 2.24) is 4.90 Å². The second-order valence-corrected chi connectivity index (χ2v) is 6.99. The zero-order valence-corrected chi connectivity index (χ0v) is 16.2. The summed E-state index contributed by atoms with van der Waals surface area (Å²) in [4.78, 5) is 2.33. The lowest BCUT2D eigenvalue weighted by atomic mass is 9.92. The summed E-state index contributed by atoms with van der Waals surface area (Å²) in [7, 11) is 0. The summed E-state index contributed by atoms with van der Waals surface area (Å²) in [5.74, 6) is 1.26. The van der Waals surface area contributed by atoms with Gasteiger partial charge in [-0.1, -0.05) is 54.6 Å². The summed E-state index contributed by atoms with van der Waals surface area (Å²) in [5.41, 5.74) is 1.34. The van der Waals surface area contributed by atoms with Crippen LogP contribution in [0.4, 0.5) is 0 Å². The molecule has 4 heteroatoms. The number of hydrogen-bond donors (Lipinski definition) is 0. The summed E-state index contributed by atoms with van der Waals surface area (Å²) < 4.78 is 0. The first-order valence-electron chi connectivity index (χ1n) is 8.31. The highest BCUT2D eigenvalue weighted by atomic mass is 35.5. The number of rotatable bonds is 6. The number of halogens is 3. The molecule has 0 fully saturated rings. The Morgan fingerprint density at radius 2 is 1.24 bits per heavy atom. The quantitative estimate of drug-likeness (QED) is 0.275. The molecular weight excluding hydrogens is 373 g/mol. The van der Waals surface area contributed by atoms with Gasteiger partial charge in [-0.05, 0) is 37.9 Å². The summed E-state index contributed by atoms with van der Waals surface area (Å²) in [6.07, 6.45) is 0. The van der Waals surface area contributed by atoms with Crippen LogP contribution in [-0.2, 0) is 6.54 Å². The van der Waals surface area contributed by atoms with E-state index in [1.807, 2.05) is 0 Å². The third-order valence-corrected chi connectivity index (χ3v) is 5.15. The van der Waals surface area contributed by atoms with Gasteiger partial charge in [0.25, 0.3) is 0 Å². The van der Waals surface area contributed by atoms with Gasteiger partial charge in [0.2, 0.25) is 0 Å². The summed E-state index contributed by atoms with van der Waals surface area (Å²) >= 11 is 11.9. The van der Waals surface area contributed by atoms with Crippen LogP contribution in [0.1, 0.15) is 5.56 Å². The fourth-order valence-electron chi connectivity index (χ4n) is 3.68. The van der Waals surface area contributed by atoms with E-state index in [-0.39, 0.29) is 12.4 Å². The zero-order chi connectivity index (χ0) is 16.5. The molecule has 4 aromatic carbocycles. The van der Waals surface area contributed by atoms with Crippen molar-refractivity contribution in [2.24, 2.45) is 0 Å². The molecule has 0 aliphatic carbocycles. The zero-order valence-electron chi connectivity index (χ0n) is 13.8. The second kappa shape index (κ2) is 7.97. The molecule has 0 heterocycles. The van der Waals surface area contributed by atoms with E-state index in [0.29, 0.717) is 11.8 Å². The average molecular weight is 393 g/mol. The fourth-order valence-corrected chi connectivity index (χ4v) is 4.16. The molecule has 0 aromatic heterocycles. The van der Waals surface area contributed by atoms with Gasteiger partial charge in [0.05, 0.1) is 0 Å². The van der Waals surface area contributed by atoms with Crippen molar-refractivity contribution in [3.8, 4) is 0 Å². The predicted octanol–water partition coefficient (Wildman–Crippen LogP) is 6.29. The largest absolute Gasteiger partial charge is 0.297 e. The van der Waals surface area contributed by atoms with E-state index < -0.39 is 0 Å². The molecule has 4 rings (SSSR count). The SMILES string of the molecule is Cl.ClCCN(CCCl)Cc1ccc2ccc3cccc4ccc1c2c34. The Morgan fingerprint density at radius 3 is 1.88 bits per heavy atom. The van der Waals surface area contributed by atoms with Gasteiger partial charge in [0, 0.05) is 31.4 Å². The van der Waals surface area contributed by atoms with Gasteiger partial charge < -0.3 is 0 Å². The van der Waals surface area contributed by atoms with E-state index in [2.05, 4.69) is 59.5 Å². The van der Waals surface area contributed by atoms with Gasteiger partial charge in [-0.25, -0.2) is 0 Å². The van der Waals surface area contributed by atoms with Crippen LogP contribution in [0, 0.1) is 0 Å². The van der Waals surface area contributed by atoms with Crippen LogP contribution < -0.4 is 0 Å². The third-order valence-electron chi connectivity index (χ3n) is 4.81. The van der Waals surface area contributed by atoms with Crippen molar-refractivity contribution in [2.75, 3.05) is 24.8 Å². The van der Waals surface area contributed by atoms with Gasteiger partial charge in [-0.15, -0.1) is 35.6 Å². The van der Waals surface area contributed by atoms with Gasteiger partial charge in [0.1, 0.15) is 0 Å². The lowest BCUT2D eigenvalue weighted by Gasteiger charge is -2.22. The summed E-state index contributed by atoms with van der Waals surface area (Å²) in [6.45, 7) is 2.60. The Morgan fingerprint density at radius 1 is 0.680 bits per heavy atom. The van der Waals surface area contributed by atoms with Crippen LogP contribution >= 0.6 is 35.6 Å². The molecule has 130 valence electrons. The molecule has 0 spiro atoms. The number of alkyl halides is 2. The molecule has 0 aliphatic rings. The predicted molar refractivity (Wildman–Crippen MR) is 114 cm³/mol. The molecular formula is C21H20Cl3N. The van der Waals surface area contributed by atoms with Gasteiger partial charge in [-0.2, -0.15) is 0 Å². The molecule has 4 aromatic rings. The normalized spacial score (nSPS) is 11.6. The van der Waals surface area contributed by atoms with Crippen LogP contribution in [0.15, 0.2) is 54.6 Å². The molecule has 0 N–H and O–H groups in total. The Hall–Kier alpha value is -1.25. The lowest BCUT2D eigenvalue weighted by Crippen LogP contribution is -2.27. The Bertz CT molecular complexity index is 961. The maximum absolute atomic E-state index is 5.96. The van der Waals surface area contributed by atoms with Gasteiger partial charge >= 0.3 is 0 Å². The number of nitrogens with zero attached hydrogens (tertiary/aromatic N) is 1. The molecule has 25 heavy (non-hydrogen) atoms. The lowest BCUT2D eigenvalue weighted by molar-refractivity contribution is 0.300. The highest BCUT2D eigenvalue weighted by molar-refractivity contribution is 6.23. The van der Waals surface area contributed by atoms with Crippen molar-refractivity contribution in [3.63, 3.8) is 0 Å². The highest BCUT2D eigenvalue weighted by Crippen LogP contribution is 2.36. The molecule has 0 saturated heterocycles. The van der Waals surface area contributed by atoms with E-state index in [4.69, 9.17) is 23.2 Å². The van der Waals surface area contributed by atoms with Crippen LogP contribution in [0.5, 0.6) is 0 Å². The smallest absolute Gasteiger partial charge is 0.0351 e. The van der Waals surface area contributed by atoms with Crippen molar-refractivity contribution in [3.05, 3.63) is 60.2 Å². The van der Waals surface area contributed by atoms with E-state index in [9.17, 15) is 0 Å². The van der Waals surface area contributed by atoms with Crippen molar-refractivity contribution < 1.29 is 0 Å². The van der Waals surface area contributed by atoms with Crippen LogP contribution in [0.3, 0.4) is 0 Å². The van der Waals surface area contributed by atoms with Crippen LogP contribution in [0.25, 0.3) is 32.3 Å². The minimum Gasteiger partial charge on any atom is -0.297 e. The van der Waals surface area contributed by atoms with Crippen molar-refractivity contribution in [2.45, 2.75) is 6.54 Å². The summed E-state index contributed by atoms with van der Waals surface area (Å²) in [5, 5.41) is 8.00. The minimum absolute atomic E-state index is 0. The second-order valence-electron chi connectivity index (χ2n) is 6.23. The molecule has 0 unspecified atom stereocenters. The topological polar surface area (TPSA) is 3.24 Å². The van der Waals surface area contributed by atoms with Crippen LogP contribution in [0.2, 0.25) is 0 Å². The summed E-state index contributed by atoms with van der Waals surface area (Å²) in [6, 6.07) is 20.0. The highest BCUT2D eigenvalue weighted by Gasteiger charge is 2.12. The average Bonchev–Trinajstić information content (AvgIpc) is 2.61. The maximum Gasteiger partial charge on any atom is 0.0351 e. The first kappa shape index (κ1) is 18.5. The van der Waals surface area contributed by atoms with Gasteiger partial charge in [-0.3, -0.25) is 4.90 Å². The van der Waals surface area contributed by atoms with Crippen molar-refractivity contribution in [1.29, 1.82) is 0 Å². The Kier molecular flexibility index (Phi) is 5.91. The third kappa shape index (κ3) is 3.39. The Balaban J connectivity index is 0.00000182. The molecule has 0 aliphatic heterocycles. The Labute approximate surface area is 164 Å². The van der Waals surface area contributed by atoms with E-state index in [1.54, 1.807) is 0 Å². The molecule has 0 radical (unpaired) electrons. The minimum atomic E-state index is 0. The maximum atomic E-state index is 5.96. The first-order chi connectivity index (χ1) is 11.8. The van der Waals surface area contributed by atoms with Gasteiger partial charge in [0.15, 0.2) is 0 Å². The van der Waals surface area contributed by atoms with E-state index in [0.717, 1.165) is 19.6 Å². The standard InChI is InChI=1S/C21H19Cl2N.ClH/c22-10-12-24(13-11-23)14-18-7-6-17-5-4-15-2-1-3-16-8-9-19(18)21(17)20(15)16;/h1-9H,10-14H2;1H. The van der Waals surface area contributed by atoms with E-state index >= 15 is 0 Å². The first-order valence-corrected chi connectivity index (χ1v) is 9.38. The van der Waals surface area contributed by atoms with E-state index in [1.165, 1.54) is 37.9 Å². The van der Waals surface area contributed by atoms with Crippen LogP contribution in [-0.4, -0.2) is 29.7 Å². The monoisotopic (exact) mass is 391 g/mol. The molecule has 0 saturated carbocycles. The number of benzene rings is 4. The fraction of sp³-hybridized carbons (Fsp3) is 0.238.